The summed E-state index contributed by atoms with van der Waals surface area (Å²) >= 11 is 0. The van der Waals surface area contributed by atoms with Crippen LogP contribution in [0.25, 0.3) is 0 Å². The van der Waals surface area contributed by atoms with Crippen LogP contribution >= 0.6 is 0 Å². The van der Waals surface area contributed by atoms with E-state index in [2.05, 4.69) is 5.32 Å². The molecule has 1 aromatic carbocycles. The van der Waals surface area contributed by atoms with Gasteiger partial charge in [0.1, 0.15) is 0 Å². The molecule has 1 aromatic rings. The Hall–Kier alpha value is -1.42. The molecule has 0 radical (unpaired) electrons. The van der Waals surface area contributed by atoms with E-state index in [0.29, 0.717) is 13.2 Å². The molecule has 0 unspecified atom stereocenters. The zero-order chi connectivity index (χ0) is 13.2. The fourth-order valence-corrected chi connectivity index (χ4v) is 1.63. The summed E-state index contributed by atoms with van der Waals surface area (Å²) in [7, 11) is 0. The third-order valence-corrected chi connectivity index (χ3v) is 2.46. The van der Waals surface area contributed by atoms with Crippen LogP contribution in [0.5, 0.6) is 11.5 Å². The second kappa shape index (κ2) is 8.64. The van der Waals surface area contributed by atoms with E-state index >= 15 is 0 Å². The predicted octanol–water partition coefficient (Wildman–Crippen LogP) is 2.67. The quantitative estimate of drug-likeness (QED) is 0.664. The lowest BCUT2D eigenvalue weighted by atomic mass is 10.2. The molecular weight excluding hydrogens is 230 g/mol. The van der Waals surface area contributed by atoms with Crippen molar-refractivity contribution in [2.45, 2.75) is 26.7 Å². The standard InChI is InChI=1S/C14H23NO3/c1-3-17-13-8-7-12(11-14(13)18-4-2)15-9-5-6-10-16/h7-8,11,15-16H,3-6,9-10H2,1-2H3. The van der Waals surface area contributed by atoms with E-state index in [0.717, 1.165) is 36.6 Å². The Morgan fingerprint density at radius 2 is 1.78 bits per heavy atom. The number of hydrogen-bond acceptors (Lipinski definition) is 4. The van der Waals surface area contributed by atoms with Crippen LogP contribution in [0, 0.1) is 0 Å². The van der Waals surface area contributed by atoms with E-state index in [-0.39, 0.29) is 6.61 Å². The average Bonchev–Trinajstić information content (AvgIpc) is 2.38. The Morgan fingerprint density at radius 1 is 1.06 bits per heavy atom. The molecule has 0 aromatic heterocycles. The van der Waals surface area contributed by atoms with Gasteiger partial charge in [-0.15, -0.1) is 0 Å². The minimum absolute atomic E-state index is 0.245. The Morgan fingerprint density at radius 3 is 2.44 bits per heavy atom. The van der Waals surface area contributed by atoms with Crippen molar-refractivity contribution in [3.63, 3.8) is 0 Å². The average molecular weight is 253 g/mol. The topological polar surface area (TPSA) is 50.7 Å². The van der Waals surface area contributed by atoms with Crippen LogP contribution in [0.15, 0.2) is 18.2 Å². The minimum Gasteiger partial charge on any atom is -0.490 e. The van der Waals surface area contributed by atoms with Crippen LogP contribution in [0.2, 0.25) is 0 Å². The first kappa shape index (κ1) is 14.6. The molecule has 0 atom stereocenters. The highest BCUT2D eigenvalue weighted by atomic mass is 16.5. The van der Waals surface area contributed by atoms with Gasteiger partial charge in [-0.2, -0.15) is 0 Å². The number of nitrogens with one attached hydrogen (secondary N) is 1. The monoisotopic (exact) mass is 253 g/mol. The normalized spacial score (nSPS) is 10.2. The summed E-state index contributed by atoms with van der Waals surface area (Å²) in [4.78, 5) is 0. The van der Waals surface area contributed by atoms with Crippen LogP contribution in [0.3, 0.4) is 0 Å². The van der Waals surface area contributed by atoms with Crippen LogP contribution in [0.4, 0.5) is 5.69 Å². The maximum atomic E-state index is 8.71. The number of anilines is 1. The Labute approximate surface area is 109 Å². The van der Waals surface area contributed by atoms with Gasteiger partial charge in [0.2, 0.25) is 0 Å². The predicted molar refractivity (Wildman–Crippen MR) is 73.6 cm³/mol. The summed E-state index contributed by atoms with van der Waals surface area (Å²) in [5, 5.41) is 12.0. The number of aliphatic hydroxyl groups excluding tert-OH is 1. The SMILES string of the molecule is CCOc1ccc(NCCCCO)cc1OCC. The number of unbranched alkanes of at least 4 members (excludes halogenated alkanes) is 1. The van der Waals surface area contributed by atoms with Gasteiger partial charge < -0.3 is 19.9 Å². The lowest BCUT2D eigenvalue weighted by molar-refractivity contribution is 0.286. The summed E-state index contributed by atoms with van der Waals surface area (Å²) in [5.74, 6) is 1.55. The van der Waals surface area contributed by atoms with Crippen molar-refractivity contribution in [3.05, 3.63) is 18.2 Å². The van der Waals surface area contributed by atoms with Gasteiger partial charge in [-0.05, 0) is 38.8 Å². The van der Waals surface area contributed by atoms with Crippen molar-refractivity contribution < 1.29 is 14.6 Å². The molecule has 18 heavy (non-hydrogen) atoms. The molecule has 4 heteroatoms. The lowest BCUT2D eigenvalue weighted by Gasteiger charge is -2.13. The fourth-order valence-electron chi connectivity index (χ4n) is 1.63. The highest BCUT2D eigenvalue weighted by Crippen LogP contribution is 2.30. The molecule has 0 saturated heterocycles. The van der Waals surface area contributed by atoms with Crippen molar-refractivity contribution in [1.29, 1.82) is 0 Å². The molecule has 0 aliphatic rings. The molecule has 0 amide bonds. The number of aliphatic hydroxyl groups is 1. The Bertz CT molecular complexity index is 342. The number of benzene rings is 1. The lowest BCUT2D eigenvalue weighted by Crippen LogP contribution is -2.04. The first-order valence-corrected chi connectivity index (χ1v) is 6.56. The molecule has 0 spiro atoms. The van der Waals surface area contributed by atoms with E-state index in [1.165, 1.54) is 0 Å². The van der Waals surface area contributed by atoms with Gasteiger partial charge >= 0.3 is 0 Å². The van der Waals surface area contributed by atoms with Crippen molar-refractivity contribution in [1.82, 2.24) is 0 Å². The summed E-state index contributed by atoms with van der Waals surface area (Å²) in [6.45, 7) is 6.25. The fraction of sp³-hybridized carbons (Fsp3) is 0.571. The van der Waals surface area contributed by atoms with Gasteiger partial charge in [0.25, 0.3) is 0 Å². The molecule has 4 nitrogen and oxygen atoms in total. The zero-order valence-electron chi connectivity index (χ0n) is 11.2. The van der Waals surface area contributed by atoms with Crippen LogP contribution in [-0.2, 0) is 0 Å². The number of rotatable bonds is 9. The maximum Gasteiger partial charge on any atom is 0.163 e. The number of ether oxygens (including phenoxy) is 2. The van der Waals surface area contributed by atoms with Crippen LogP contribution in [0.1, 0.15) is 26.7 Å². The largest absolute Gasteiger partial charge is 0.490 e. The molecule has 0 aliphatic carbocycles. The summed E-state index contributed by atoms with van der Waals surface area (Å²) in [6.07, 6.45) is 1.77. The van der Waals surface area contributed by atoms with Crippen LogP contribution < -0.4 is 14.8 Å². The molecule has 1 rings (SSSR count). The third-order valence-electron chi connectivity index (χ3n) is 2.46. The van der Waals surface area contributed by atoms with Crippen molar-refractivity contribution in [2.75, 3.05) is 31.7 Å². The molecule has 0 fully saturated rings. The van der Waals surface area contributed by atoms with E-state index in [1.807, 2.05) is 32.0 Å². The van der Waals surface area contributed by atoms with Crippen molar-refractivity contribution in [3.8, 4) is 11.5 Å². The highest BCUT2D eigenvalue weighted by Gasteiger charge is 2.05. The summed E-state index contributed by atoms with van der Waals surface area (Å²) < 4.78 is 11.1. The first-order valence-electron chi connectivity index (χ1n) is 6.56. The molecule has 0 heterocycles. The molecule has 102 valence electrons. The first-order chi connectivity index (χ1) is 8.81. The van der Waals surface area contributed by atoms with Crippen LogP contribution in [-0.4, -0.2) is 31.5 Å². The second-order valence-electron chi connectivity index (χ2n) is 3.89. The number of hydrogen-bond donors (Lipinski definition) is 2. The smallest absolute Gasteiger partial charge is 0.163 e. The Kier molecular flexibility index (Phi) is 7.03. The van der Waals surface area contributed by atoms with Gasteiger partial charge in [0.15, 0.2) is 11.5 Å². The molecule has 0 bridgehead atoms. The molecule has 2 N–H and O–H groups in total. The van der Waals surface area contributed by atoms with E-state index in [9.17, 15) is 0 Å². The van der Waals surface area contributed by atoms with Gasteiger partial charge in [0.05, 0.1) is 13.2 Å². The molecular formula is C14H23NO3. The zero-order valence-corrected chi connectivity index (χ0v) is 11.2. The third kappa shape index (κ3) is 4.84. The van der Waals surface area contributed by atoms with Gasteiger partial charge in [0, 0.05) is 24.9 Å². The highest BCUT2D eigenvalue weighted by molar-refractivity contribution is 5.54. The van der Waals surface area contributed by atoms with Gasteiger partial charge in [-0.3, -0.25) is 0 Å². The van der Waals surface area contributed by atoms with E-state index < -0.39 is 0 Å². The van der Waals surface area contributed by atoms with Gasteiger partial charge in [-0.1, -0.05) is 0 Å². The maximum absolute atomic E-state index is 8.71. The van der Waals surface area contributed by atoms with E-state index in [1.54, 1.807) is 0 Å². The molecule has 0 aliphatic heterocycles. The minimum atomic E-state index is 0.245. The molecule has 0 saturated carbocycles. The van der Waals surface area contributed by atoms with Crippen molar-refractivity contribution in [2.24, 2.45) is 0 Å². The van der Waals surface area contributed by atoms with Gasteiger partial charge in [-0.25, -0.2) is 0 Å². The Balaban J connectivity index is 2.61. The van der Waals surface area contributed by atoms with Crippen molar-refractivity contribution >= 4 is 5.69 Å². The van der Waals surface area contributed by atoms with E-state index in [4.69, 9.17) is 14.6 Å². The second-order valence-corrected chi connectivity index (χ2v) is 3.89. The summed E-state index contributed by atoms with van der Waals surface area (Å²) in [5.41, 5.74) is 1.01. The summed E-state index contributed by atoms with van der Waals surface area (Å²) in [6, 6.07) is 5.85.